The Morgan fingerprint density at radius 1 is 1.33 bits per heavy atom. The number of ether oxygens (including phenoxy) is 1. The molecule has 2 N–H and O–H groups in total. The van der Waals surface area contributed by atoms with Crippen LogP contribution in [0.15, 0.2) is 18.3 Å². The van der Waals surface area contributed by atoms with Gasteiger partial charge in [-0.05, 0) is 36.4 Å². The van der Waals surface area contributed by atoms with Gasteiger partial charge in [-0.25, -0.2) is 9.67 Å². The van der Waals surface area contributed by atoms with Crippen molar-refractivity contribution in [1.29, 1.82) is 0 Å². The van der Waals surface area contributed by atoms with Gasteiger partial charge in [-0.3, -0.25) is 9.20 Å². The van der Waals surface area contributed by atoms with Gasteiger partial charge in [0.25, 0.3) is 0 Å². The summed E-state index contributed by atoms with van der Waals surface area (Å²) in [5, 5.41) is 31.1. The lowest BCUT2D eigenvalue weighted by Crippen LogP contribution is -2.40. The topological polar surface area (TPSA) is 128 Å². The number of hydrogen-bond acceptors (Lipinski definition) is 8. The van der Waals surface area contributed by atoms with Crippen LogP contribution in [-0.4, -0.2) is 65.4 Å². The third kappa shape index (κ3) is 3.17. The molecular weight excluding hydrogens is 352 g/mol. The summed E-state index contributed by atoms with van der Waals surface area (Å²) in [6.07, 6.45) is 1.55. The van der Waals surface area contributed by atoms with E-state index in [1.165, 1.54) is 4.68 Å². The molecule has 0 amide bonds. The van der Waals surface area contributed by atoms with E-state index in [2.05, 4.69) is 20.5 Å². The van der Waals surface area contributed by atoms with E-state index in [0.29, 0.717) is 29.4 Å². The minimum Gasteiger partial charge on any atom is -0.490 e. The molecule has 3 rings (SSSR count). The van der Waals surface area contributed by atoms with Gasteiger partial charge in [0.15, 0.2) is 23.0 Å². The van der Waals surface area contributed by atoms with Gasteiger partial charge in [-0.1, -0.05) is 0 Å². The molecule has 10 nitrogen and oxygen atoms in total. The Kier molecular flexibility index (Phi) is 5.19. The number of carbonyl (C=O) groups is 1. The van der Waals surface area contributed by atoms with Crippen LogP contribution < -0.4 is 4.74 Å². The van der Waals surface area contributed by atoms with E-state index >= 15 is 0 Å². The third-order valence-corrected chi connectivity index (χ3v) is 4.55. The zero-order valence-electron chi connectivity index (χ0n) is 15.5. The maximum absolute atomic E-state index is 13.1. The molecule has 0 saturated heterocycles. The minimum absolute atomic E-state index is 0.179. The molecule has 0 radical (unpaired) electrons. The second-order valence-electron chi connectivity index (χ2n) is 6.37. The van der Waals surface area contributed by atoms with Crippen LogP contribution in [-0.2, 0) is 12.5 Å². The maximum atomic E-state index is 13.1. The summed E-state index contributed by atoms with van der Waals surface area (Å²) in [7, 11) is 1.59. The van der Waals surface area contributed by atoms with Crippen LogP contribution in [0.5, 0.6) is 5.75 Å². The molecule has 3 aromatic heterocycles. The molecule has 0 unspecified atom stereocenters. The summed E-state index contributed by atoms with van der Waals surface area (Å²) in [4.78, 5) is 17.6. The molecule has 0 bridgehead atoms. The number of fused-ring (bicyclic) bond motifs is 1. The summed E-state index contributed by atoms with van der Waals surface area (Å²) >= 11 is 0. The maximum Gasteiger partial charge on any atom is 0.182 e. The number of Topliss-reactive ketones (excluding diaryl/α,β-unsaturated/α-hetero) is 1. The van der Waals surface area contributed by atoms with E-state index in [9.17, 15) is 15.0 Å². The Morgan fingerprint density at radius 2 is 2.07 bits per heavy atom. The fraction of sp³-hybridized carbons (Fsp3) is 0.471. The molecule has 0 fully saturated rings. The van der Waals surface area contributed by atoms with Crippen molar-refractivity contribution in [2.24, 2.45) is 7.05 Å². The summed E-state index contributed by atoms with van der Waals surface area (Å²) in [5.74, 6) is 0.525. The van der Waals surface area contributed by atoms with Gasteiger partial charge in [0.2, 0.25) is 0 Å². The second kappa shape index (κ2) is 7.41. The van der Waals surface area contributed by atoms with Crippen molar-refractivity contribution in [2.45, 2.75) is 25.7 Å². The number of ketones is 1. The van der Waals surface area contributed by atoms with Crippen molar-refractivity contribution >= 4 is 11.4 Å². The Hall–Kier alpha value is -2.85. The van der Waals surface area contributed by atoms with Crippen LogP contribution in [0.1, 0.15) is 35.4 Å². The number of aliphatic hydroxyl groups is 2. The predicted octanol–water partition coefficient (Wildman–Crippen LogP) is 0.0603. The van der Waals surface area contributed by atoms with Gasteiger partial charge < -0.3 is 14.9 Å². The van der Waals surface area contributed by atoms with Crippen molar-refractivity contribution < 1.29 is 19.7 Å². The van der Waals surface area contributed by atoms with E-state index in [0.717, 1.165) is 0 Å². The summed E-state index contributed by atoms with van der Waals surface area (Å²) in [5.41, 5.74) is 0.142. The fourth-order valence-corrected chi connectivity index (χ4v) is 3.21. The Labute approximate surface area is 155 Å². The molecule has 0 saturated carbocycles. The van der Waals surface area contributed by atoms with Gasteiger partial charge >= 0.3 is 0 Å². The first-order valence-electron chi connectivity index (χ1n) is 8.55. The molecule has 3 aromatic rings. The van der Waals surface area contributed by atoms with E-state index in [-0.39, 0.29) is 18.0 Å². The average Bonchev–Trinajstić information content (AvgIpc) is 3.23. The van der Waals surface area contributed by atoms with Crippen molar-refractivity contribution in [3.63, 3.8) is 0 Å². The van der Waals surface area contributed by atoms with Crippen LogP contribution >= 0.6 is 0 Å². The molecule has 0 aromatic carbocycles. The van der Waals surface area contributed by atoms with Crippen LogP contribution in [0.3, 0.4) is 0 Å². The Morgan fingerprint density at radius 3 is 2.67 bits per heavy atom. The molecule has 0 spiro atoms. The lowest BCUT2D eigenvalue weighted by molar-refractivity contribution is 0.0747. The van der Waals surface area contributed by atoms with Crippen LogP contribution in [0.2, 0.25) is 0 Å². The Balaban J connectivity index is 2.04. The lowest BCUT2D eigenvalue weighted by atomic mass is 9.82. The number of nitrogens with zero attached hydrogens (tertiary/aromatic N) is 6. The van der Waals surface area contributed by atoms with Crippen molar-refractivity contribution in [3.05, 3.63) is 35.5 Å². The van der Waals surface area contributed by atoms with Gasteiger partial charge in [-0.15, -0.1) is 5.10 Å². The summed E-state index contributed by atoms with van der Waals surface area (Å²) < 4.78 is 8.59. The Bertz CT molecular complexity index is 960. The van der Waals surface area contributed by atoms with Crippen LogP contribution in [0, 0.1) is 6.92 Å². The largest absolute Gasteiger partial charge is 0.490 e. The standard InChI is InChI=1S/C17H22N6O4/c1-4-27-13-6-5-7-23-14(11(2)18-15(13)23)12(26)8-17(9-24,10-25)16-19-20-21-22(16)3/h5-7,24-25H,4,8-10H2,1-3H3. The average molecular weight is 374 g/mol. The highest BCUT2D eigenvalue weighted by Gasteiger charge is 2.39. The fourth-order valence-electron chi connectivity index (χ4n) is 3.21. The SMILES string of the molecule is CCOc1cccn2c(C(=O)CC(CO)(CO)c3nnnn3C)c(C)nc12. The van der Waals surface area contributed by atoms with Gasteiger partial charge in [0.05, 0.1) is 30.9 Å². The molecule has 0 aliphatic carbocycles. The second-order valence-corrected chi connectivity index (χ2v) is 6.37. The highest BCUT2D eigenvalue weighted by Crippen LogP contribution is 2.29. The van der Waals surface area contributed by atoms with E-state index in [4.69, 9.17) is 4.74 Å². The van der Waals surface area contributed by atoms with Crippen molar-refractivity contribution in [1.82, 2.24) is 29.6 Å². The molecule has 10 heteroatoms. The summed E-state index contributed by atoms with van der Waals surface area (Å²) in [6.45, 7) is 3.12. The number of aryl methyl sites for hydroxylation is 2. The monoisotopic (exact) mass is 374 g/mol. The number of imidazole rings is 1. The third-order valence-electron chi connectivity index (χ3n) is 4.55. The number of aromatic nitrogens is 6. The number of tetrazole rings is 1. The molecule has 27 heavy (non-hydrogen) atoms. The quantitative estimate of drug-likeness (QED) is 0.530. The number of carbonyl (C=O) groups excluding carboxylic acids is 1. The molecule has 0 aliphatic heterocycles. The van der Waals surface area contributed by atoms with Crippen LogP contribution in [0.4, 0.5) is 0 Å². The number of pyridine rings is 1. The van der Waals surface area contributed by atoms with Gasteiger partial charge in [0, 0.05) is 19.7 Å². The van der Waals surface area contributed by atoms with Gasteiger partial charge in [0.1, 0.15) is 5.69 Å². The highest BCUT2D eigenvalue weighted by atomic mass is 16.5. The number of rotatable bonds is 8. The van der Waals surface area contributed by atoms with E-state index in [1.54, 1.807) is 36.7 Å². The smallest absolute Gasteiger partial charge is 0.182 e. The first kappa shape index (κ1) is 18.9. The predicted molar refractivity (Wildman–Crippen MR) is 94.7 cm³/mol. The molecule has 0 atom stereocenters. The molecule has 3 heterocycles. The highest BCUT2D eigenvalue weighted by molar-refractivity contribution is 5.97. The van der Waals surface area contributed by atoms with Crippen LogP contribution in [0.25, 0.3) is 5.65 Å². The van der Waals surface area contributed by atoms with Crippen molar-refractivity contribution in [3.8, 4) is 5.75 Å². The number of aliphatic hydroxyl groups excluding tert-OH is 2. The van der Waals surface area contributed by atoms with E-state index in [1.807, 2.05) is 6.92 Å². The molecule has 144 valence electrons. The normalized spacial score (nSPS) is 11.9. The molecule has 0 aliphatic rings. The molecular formula is C17H22N6O4. The minimum atomic E-state index is -1.30. The van der Waals surface area contributed by atoms with E-state index < -0.39 is 18.6 Å². The first-order valence-corrected chi connectivity index (χ1v) is 8.55. The van der Waals surface area contributed by atoms with Gasteiger partial charge in [-0.2, -0.15) is 0 Å². The number of hydrogen-bond donors (Lipinski definition) is 2. The summed E-state index contributed by atoms with van der Waals surface area (Å²) in [6, 6.07) is 3.56. The zero-order chi connectivity index (χ0) is 19.6. The van der Waals surface area contributed by atoms with Crippen molar-refractivity contribution in [2.75, 3.05) is 19.8 Å². The zero-order valence-corrected chi connectivity index (χ0v) is 15.5. The first-order chi connectivity index (χ1) is 13.0. The lowest BCUT2D eigenvalue weighted by Gasteiger charge is -2.27.